The minimum atomic E-state index is 0.260. The number of ether oxygens (including phenoxy) is 1. The fourth-order valence-electron chi connectivity index (χ4n) is 1.49. The van der Waals surface area contributed by atoms with Crippen LogP contribution in [0.3, 0.4) is 0 Å². The van der Waals surface area contributed by atoms with Gasteiger partial charge in [-0.15, -0.1) is 0 Å². The normalized spacial score (nSPS) is 9.69. The second-order valence-electron chi connectivity index (χ2n) is 3.44. The topological polar surface area (TPSA) is 86.2 Å². The predicted molar refractivity (Wildman–Crippen MR) is 66.7 cm³/mol. The van der Waals surface area contributed by atoms with Crippen LogP contribution in [0.1, 0.15) is 13.8 Å². The Morgan fingerprint density at radius 1 is 1.25 bits per heavy atom. The number of methoxy groups -OCH3 is 1. The standard InChI is InChI=1S/C11H16N4O/c1-7(12)15(8(2)13)10-5-4-9(14)6-11(10)16-3/h4-6,12-13H,14H2,1-3H3. The summed E-state index contributed by atoms with van der Waals surface area (Å²) in [6.07, 6.45) is 0. The molecule has 86 valence electrons. The molecule has 0 saturated heterocycles. The Morgan fingerprint density at radius 2 is 1.81 bits per heavy atom. The van der Waals surface area contributed by atoms with Crippen molar-refractivity contribution >= 4 is 23.0 Å². The van der Waals surface area contributed by atoms with E-state index in [-0.39, 0.29) is 11.7 Å². The molecule has 0 unspecified atom stereocenters. The summed E-state index contributed by atoms with van der Waals surface area (Å²) in [5.74, 6) is 1.07. The Labute approximate surface area is 94.8 Å². The number of hydrogen-bond donors (Lipinski definition) is 3. The van der Waals surface area contributed by atoms with Crippen molar-refractivity contribution in [2.24, 2.45) is 0 Å². The first kappa shape index (κ1) is 12.0. The Hall–Kier alpha value is -2.04. The fraction of sp³-hybridized carbons (Fsp3) is 0.273. The van der Waals surface area contributed by atoms with Crippen LogP contribution in [-0.4, -0.2) is 18.8 Å². The third-order valence-corrected chi connectivity index (χ3v) is 2.12. The fourth-order valence-corrected chi connectivity index (χ4v) is 1.49. The van der Waals surface area contributed by atoms with Gasteiger partial charge in [0.25, 0.3) is 0 Å². The maximum Gasteiger partial charge on any atom is 0.144 e. The van der Waals surface area contributed by atoms with Crippen LogP contribution in [0.25, 0.3) is 0 Å². The van der Waals surface area contributed by atoms with Crippen LogP contribution in [0.15, 0.2) is 18.2 Å². The molecule has 0 saturated carbocycles. The van der Waals surface area contributed by atoms with Gasteiger partial charge in [0.15, 0.2) is 0 Å². The van der Waals surface area contributed by atoms with Crippen LogP contribution in [0.5, 0.6) is 5.75 Å². The predicted octanol–water partition coefficient (Wildman–Crippen LogP) is 2.08. The van der Waals surface area contributed by atoms with Gasteiger partial charge in [-0.25, -0.2) is 0 Å². The van der Waals surface area contributed by atoms with E-state index in [2.05, 4.69) is 0 Å². The van der Waals surface area contributed by atoms with Crippen molar-refractivity contribution in [2.75, 3.05) is 17.7 Å². The zero-order chi connectivity index (χ0) is 12.3. The van der Waals surface area contributed by atoms with E-state index < -0.39 is 0 Å². The molecule has 0 radical (unpaired) electrons. The van der Waals surface area contributed by atoms with Gasteiger partial charge in [0.1, 0.15) is 17.4 Å². The average Bonchev–Trinajstić information content (AvgIpc) is 2.19. The van der Waals surface area contributed by atoms with Crippen molar-refractivity contribution < 1.29 is 4.74 Å². The first-order chi connectivity index (χ1) is 7.47. The molecule has 0 fully saturated rings. The third-order valence-electron chi connectivity index (χ3n) is 2.12. The number of benzene rings is 1. The zero-order valence-corrected chi connectivity index (χ0v) is 9.66. The van der Waals surface area contributed by atoms with E-state index in [0.717, 1.165) is 0 Å². The summed E-state index contributed by atoms with van der Waals surface area (Å²) in [5.41, 5.74) is 6.89. The van der Waals surface area contributed by atoms with Crippen molar-refractivity contribution in [1.82, 2.24) is 0 Å². The van der Waals surface area contributed by atoms with Gasteiger partial charge in [-0.1, -0.05) is 0 Å². The third kappa shape index (κ3) is 2.31. The summed E-state index contributed by atoms with van der Waals surface area (Å²) in [5, 5.41) is 15.3. The largest absolute Gasteiger partial charge is 0.494 e. The summed E-state index contributed by atoms with van der Waals surface area (Å²) in [6.45, 7) is 3.24. The minimum absolute atomic E-state index is 0.260. The minimum Gasteiger partial charge on any atom is -0.494 e. The SMILES string of the molecule is COc1cc(N)ccc1N(C(C)=N)C(C)=N. The summed E-state index contributed by atoms with van der Waals surface area (Å²) >= 11 is 0. The molecule has 1 aromatic rings. The second-order valence-corrected chi connectivity index (χ2v) is 3.44. The number of nitrogens with two attached hydrogens (primary N) is 1. The second kappa shape index (κ2) is 4.65. The van der Waals surface area contributed by atoms with E-state index >= 15 is 0 Å². The van der Waals surface area contributed by atoms with E-state index in [9.17, 15) is 0 Å². The van der Waals surface area contributed by atoms with E-state index in [1.807, 2.05) is 0 Å². The van der Waals surface area contributed by atoms with Gasteiger partial charge in [-0.3, -0.25) is 15.7 Å². The lowest BCUT2D eigenvalue weighted by Gasteiger charge is -2.23. The summed E-state index contributed by atoms with van der Waals surface area (Å²) in [4.78, 5) is 1.48. The molecule has 0 aliphatic heterocycles. The highest BCUT2D eigenvalue weighted by atomic mass is 16.5. The molecule has 0 aliphatic rings. The lowest BCUT2D eigenvalue weighted by molar-refractivity contribution is 0.416. The van der Waals surface area contributed by atoms with Crippen LogP contribution in [0, 0.1) is 10.8 Å². The number of hydrogen-bond acceptors (Lipinski definition) is 4. The average molecular weight is 220 g/mol. The number of rotatable bonds is 2. The Morgan fingerprint density at radius 3 is 2.25 bits per heavy atom. The quantitative estimate of drug-likeness (QED) is 0.405. The van der Waals surface area contributed by atoms with Crippen LogP contribution in [0.2, 0.25) is 0 Å². The molecule has 0 aliphatic carbocycles. The monoisotopic (exact) mass is 220 g/mol. The number of nitrogens with one attached hydrogen (secondary N) is 2. The van der Waals surface area contributed by atoms with Gasteiger partial charge in [0.2, 0.25) is 0 Å². The molecule has 4 N–H and O–H groups in total. The Kier molecular flexibility index (Phi) is 3.50. The maximum atomic E-state index is 7.64. The highest BCUT2D eigenvalue weighted by Gasteiger charge is 2.15. The van der Waals surface area contributed by atoms with Crippen LogP contribution in [-0.2, 0) is 0 Å². The Bertz CT molecular complexity index is 414. The highest BCUT2D eigenvalue weighted by Crippen LogP contribution is 2.30. The summed E-state index contributed by atoms with van der Waals surface area (Å²) in [6, 6.07) is 5.13. The lowest BCUT2D eigenvalue weighted by Crippen LogP contribution is -2.32. The van der Waals surface area contributed by atoms with E-state index in [1.54, 1.807) is 32.0 Å². The molecule has 1 rings (SSSR count). The van der Waals surface area contributed by atoms with E-state index in [4.69, 9.17) is 21.3 Å². The molecule has 1 aromatic carbocycles. The maximum absolute atomic E-state index is 7.64. The molecule has 16 heavy (non-hydrogen) atoms. The summed E-state index contributed by atoms with van der Waals surface area (Å²) < 4.78 is 5.19. The molecule has 5 heteroatoms. The molecule has 5 nitrogen and oxygen atoms in total. The lowest BCUT2D eigenvalue weighted by atomic mass is 10.2. The molecule has 0 bridgehead atoms. The van der Waals surface area contributed by atoms with E-state index in [0.29, 0.717) is 17.1 Å². The number of nitrogen functional groups attached to an aromatic ring is 1. The smallest absolute Gasteiger partial charge is 0.144 e. The number of nitrogens with zero attached hydrogens (tertiary/aromatic N) is 1. The molecule has 0 amide bonds. The van der Waals surface area contributed by atoms with Gasteiger partial charge in [-0.05, 0) is 26.0 Å². The summed E-state index contributed by atoms with van der Waals surface area (Å²) in [7, 11) is 1.54. The van der Waals surface area contributed by atoms with Crippen molar-refractivity contribution in [2.45, 2.75) is 13.8 Å². The van der Waals surface area contributed by atoms with Gasteiger partial charge in [0, 0.05) is 11.8 Å². The van der Waals surface area contributed by atoms with Crippen molar-refractivity contribution in [3.8, 4) is 5.75 Å². The van der Waals surface area contributed by atoms with Gasteiger partial charge in [0.05, 0.1) is 12.8 Å². The van der Waals surface area contributed by atoms with Crippen molar-refractivity contribution in [3.63, 3.8) is 0 Å². The molecular weight excluding hydrogens is 204 g/mol. The van der Waals surface area contributed by atoms with Crippen molar-refractivity contribution in [1.29, 1.82) is 10.8 Å². The van der Waals surface area contributed by atoms with Gasteiger partial charge < -0.3 is 10.5 Å². The molecule has 0 aromatic heterocycles. The zero-order valence-electron chi connectivity index (χ0n) is 9.66. The first-order valence-corrected chi connectivity index (χ1v) is 4.81. The van der Waals surface area contributed by atoms with Crippen molar-refractivity contribution in [3.05, 3.63) is 18.2 Å². The van der Waals surface area contributed by atoms with Gasteiger partial charge >= 0.3 is 0 Å². The molecular formula is C11H16N4O. The van der Waals surface area contributed by atoms with Crippen LogP contribution in [0.4, 0.5) is 11.4 Å². The highest BCUT2D eigenvalue weighted by molar-refractivity contribution is 6.16. The van der Waals surface area contributed by atoms with Crippen LogP contribution < -0.4 is 15.4 Å². The van der Waals surface area contributed by atoms with Gasteiger partial charge in [-0.2, -0.15) is 0 Å². The molecule has 0 spiro atoms. The van der Waals surface area contributed by atoms with Crippen LogP contribution >= 0.6 is 0 Å². The molecule has 0 atom stereocenters. The number of anilines is 2. The number of amidine groups is 2. The van der Waals surface area contributed by atoms with E-state index in [1.165, 1.54) is 12.0 Å². The first-order valence-electron chi connectivity index (χ1n) is 4.81. The molecule has 0 heterocycles. The Balaban J connectivity index is 3.29.